The highest BCUT2D eigenvalue weighted by atomic mass is 32.1. The van der Waals surface area contributed by atoms with Gasteiger partial charge < -0.3 is 5.32 Å². The number of amides is 1. The maximum Gasteiger partial charge on any atom is 0.249 e. The van der Waals surface area contributed by atoms with Crippen LogP contribution in [0.15, 0.2) is 54.6 Å². The minimum absolute atomic E-state index is 0.198. The molecule has 2 heterocycles. The molecule has 4 aromatic rings. The number of rotatable bonds is 4. The Morgan fingerprint density at radius 2 is 1.87 bits per heavy atom. The Hall–Kier alpha value is -3.25. The van der Waals surface area contributed by atoms with Crippen molar-refractivity contribution in [2.75, 3.05) is 5.32 Å². The molecule has 0 fully saturated rings. The van der Waals surface area contributed by atoms with Crippen LogP contribution in [0.1, 0.15) is 35.2 Å². The number of aryl methyl sites for hydroxylation is 3. The molecule has 2 aromatic heterocycles. The molecule has 1 aliphatic carbocycles. The average molecular weight is 415 g/mol. The van der Waals surface area contributed by atoms with Crippen molar-refractivity contribution in [1.29, 1.82) is 0 Å². The highest BCUT2D eigenvalue weighted by Gasteiger charge is 2.16. The van der Waals surface area contributed by atoms with Gasteiger partial charge in [-0.3, -0.25) is 4.79 Å². The van der Waals surface area contributed by atoms with E-state index in [0.717, 1.165) is 34.7 Å². The summed E-state index contributed by atoms with van der Waals surface area (Å²) in [6.45, 7) is 1.91. The first-order valence-electron chi connectivity index (χ1n) is 10.2. The van der Waals surface area contributed by atoms with Gasteiger partial charge in [0.1, 0.15) is 5.82 Å². The third-order valence-corrected chi connectivity index (χ3v) is 6.33. The molecule has 150 valence electrons. The third-order valence-electron chi connectivity index (χ3n) is 5.33. The molecule has 1 aliphatic rings. The molecule has 0 atom stereocenters. The first-order valence-corrected chi connectivity index (χ1v) is 11.0. The lowest BCUT2D eigenvalue weighted by atomic mass is 9.92. The number of aromatic nitrogens is 3. The second-order valence-corrected chi connectivity index (χ2v) is 8.62. The molecule has 0 spiro atoms. The number of thiazole rings is 1. The van der Waals surface area contributed by atoms with Crippen LogP contribution in [0, 0.1) is 6.92 Å². The number of carbonyl (C=O) groups excluding carboxylic acids is 1. The molecule has 2 aromatic carbocycles. The quantitative estimate of drug-likeness (QED) is 0.460. The zero-order chi connectivity index (χ0) is 20.5. The van der Waals surface area contributed by atoms with E-state index in [9.17, 15) is 4.79 Å². The Kier molecular flexibility index (Phi) is 4.93. The monoisotopic (exact) mass is 414 g/mol. The van der Waals surface area contributed by atoms with Gasteiger partial charge in [0.15, 0.2) is 0 Å². The molecule has 0 radical (unpaired) electrons. The highest BCUT2D eigenvalue weighted by Crippen LogP contribution is 2.32. The van der Waals surface area contributed by atoms with Crippen molar-refractivity contribution in [3.05, 3.63) is 77.0 Å². The van der Waals surface area contributed by atoms with E-state index >= 15 is 0 Å². The maximum atomic E-state index is 12.5. The first-order chi connectivity index (χ1) is 14.7. The Balaban J connectivity index is 1.43. The Morgan fingerprint density at radius 3 is 2.67 bits per heavy atom. The van der Waals surface area contributed by atoms with Gasteiger partial charge in [-0.05, 0) is 67.5 Å². The van der Waals surface area contributed by atoms with Gasteiger partial charge in [0.2, 0.25) is 11.0 Å². The minimum atomic E-state index is -0.198. The normalized spacial score (nSPS) is 13.6. The van der Waals surface area contributed by atoms with Gasteiger partial charge in [-0.25, -0.2) is 4.98 Å². The number of nitrogens with one attached hydrogen (secondary N) is 1. The molecule has 0 bridgehead atoms. The van der Waals surface area contributed by atoms with Crippen molar-refractivity contribution in [1.82, 2.24) is 14.8 Å². The summed E-state index contributed by atoms with van der Waals surface area (Å²) in [6, 6.07) is 16.1. The van der Waals surface area contributed by atoms with Gasteiger partial charge in [0.05, 0.1) is 15.9 Å². The number of hydrogen-bond donors (Lipinski definition) is 1. The predicted molar refractivity (Wildman–Crippen MR) is 122 cm³/mol. The van der Waals surface area contributed by atoms with Crippen LogP contribution >= 0.6 is 11.3 Å². The zero-order valence-electron chi connectivity index (χ0n) is 16.8. The molecule has 30 heavy (non-hydrogen) atoms. The fourth-order valence-corrected chi connectivity index (χ4v) is 4.85. The highest BCUT2D eigenvalue weighted by molar-refractivity contribution is 7.20. The molecule has 5 rings (SSSR count). The first kappa shape index (κ1) is 18.8. The van der Waals surface area contributed by atoms with Gasteiger partial charge in [0.25, 0.3) is 0 Å². The number of nitrogens with zero attached hydrogens (tertiary/aromatic N) is 3. The van der Waals surface area contributed by atoms with E-state index in [2.05, 4.69) is 22.5 Å². The Morgan fingerprint density at radius 1 is 1.10 bits per heavy atom. The van der Waals surface area contributed by atoms with E-state index in [-0.39, 0.29) is 5.91 Å². The lowest BCUT2D eigenvalue weighted by Crippen LogP contribution is -2.12. The smallest absolute Gasteiger partial charge is 0.249 e. The van der Waals surface area contributed by atoms with E-state index in [1.54, 1.807) is 22.1 Å². The number of carbonyl (C=O) groups is 1. The lowest BCUT2D eigenvalue weighted by molar-refractivity contribution is -0.111. The van der Waals surface area contributed by atoms with Crippen LogP contribution in [0.25, 0.3) is 21.4 Å². The molecule has 6 heteroatoms. The van der Waals surface area contributed by atoms with Crippen molar-refractivity contribution >= 4 is 39.4 Å². The Bertz CT molecular complexity index is 1210. The van der Waals surface area contributed by atoms with Crippen LogP contribution in [0.3, 0.4) is 0 Å². The summed E-state index contributed by atoms with van der Waals surface area (Å²) in [7, 11) is 0. The molecule has 1 amide bonds. The summed E-state index contributed by atoms with van der Waals surface area (Å²) in [5, 5.41) is 8.28. The summed E-state index contributed by atoms with van der Waals surface area (Å²) in [6.07, 6.45) is 8.12. The minimum Gasteiger partial charge on any atom is -0.307 e. The van der Waals surface area contributed by atoms with Gasteiger partial charge in [-0.1, -0.05) is 41.7 Å². The molecule has 0 saturated heterocycles. The lowest BCUT2D eigenvalue weighted by Gasteiger charge is -2.14. The predicted octanol–water partition coefficient (Wildman–Crippen LogP) is 5.32. The molecule has 0 saturated carbocycles. The summed E-state index contributed by atoms with van der Waals surface area (Å²) in [4.78, 5) is 17.3. The van der Waals surface area contributed by atoms with Crippen LogP contribution in [0.2, 0.25) is 0 Å². The SMILES string of the molecule is Cc1cc(NC(=O)/C=C/c2ccccc2)n(-c2nc3cc4c(cc3s2)CCCC4)n1. The topological polar surface area (TPSA) is 59.8 Å². The fourth-order valence-electron chi connectivity index (χ4n) is 3.87. The zero-order valence-corrected chi connectivity index (χ0v) is 17.6. The van der Waals surface area contributed by atoms with Crippen LogP contribution in [0.4, 0.5) is 5.82 Å². The molecular formula is C24H22N4OS. The van der Waals surface area contributed by atoms with Crippen LogP contribution in [0.5, 0.6) is 0 Å². The average Bonchev–Trinajstić information content (AvgIpc) is 3.33. The van der Waals surface area contributed by atoms with E-state index in [1.807, 2.05) is 43.3 Å². The number of benzene rings is 2. The van der Waals surface area contributed by atoms with Crippen LogP contribution < -0.4 is 5.32 Å². The second-order valence-electron chi connectivity index (χ2n) is 7.61. The van der Waals surface area contributed by atoms with Gasteiger partial charge in [-0.15, -0.1) is 0 Å². The van der Waals surface area contributed by atoms with E-state index in [4.69, 9.17) is 4.98 Å². The van der Waals surface area contributed by atoms with Crippen LogP contribution in [-0.2, 0) is 17.6 Å². The standard InChI is InChI=1S/C24H22N4OS/c1-16-13-22(26-23(29)12-11-17-7-3-2-4-8-17)28(27-16)24-25-20-14-18-9-5-6-10-19(18)15-21(20)30-24/h2-4,7-8,11-15H,5-6,9-10H2,1H3,(H,26,29)/b12-11+. The van der Waals surface area contributed by atoms with E-state index < -0.39 is 0 Å². The molecular weight excluding hydrogens is 392 g/mol. The summed E-state index contributed by atoms with van der Waals surface area (Å²) < 4.78 is 2.90. The van der Waals surface area contributed by atoms with E-state index in [0.29, 0.717) is 5.82 Å². The molecule has 0 unspecified atom stereocenters. The van der Waals surface area contributed by atoms with Gasteiger partial charge in [-0.2, -0.15) is 9.78 Å². The maximum absolute atomic E-state index is 12.5. The van der Waals surface area contributed by atoms with Crippen molar-refractivity contribution in [3.63, 3.8) is 0 Å². The molecule has 0 aliphatic heterocycles. The summed E-state index contributed by atoms with van der Waals surface area (Å²) in [5.41, 5.74) is 5.68. The number of hydrogen-bond acceptors (Lipinski definition) is 4. The van der Waals surface area contributed by atoms with Crippen molar-refractivity contribution in [3.8, 4) is 5.13 Å². The van der Waals surface area contributed by atoms with Crippen LogP contribution in [-0.4, -0.2) is 20.7 Å². The van der Waals surface area contributed by atoms with Crippen molar-refractivity contribution in [2.24, 2.45) is 0 Å². The fraction of sp³-hybridized carbons (Fsp3) is 0.208. The Labute approximate surface area is 179 Å². The van der Waals surface area contributed by atoms with Gasteiger partial charge >= 0.3 is 0 Å². The summed E-state index contributed by atoms with van der Waals surface area (Å²) in [5.74, 6) is 0.426. The number of fused-ring (bicyclic) bond motifs is 2. The van der Waals surface area contributed by atoms with Gasteiger partial charge in [0, 0.05) is 12.1 Å². The molecule has 5 nitrogen and oxygen atoms in total. The van der Waals surface area contributed by atoms with Crippen molar-refractivity contribution < 1.29 is 4.79 Å². The number of anilines is 1. The largest absolute Gasteiger partial charge is 0.307 e. The molecule has 1 N–H and O–H groups in total. The van der Waals surface area contributed by atoms with E-state index in [1.165, 1.54) is 34.7 Å². The van der Waals surface area contributed by atoms with Crippen molar-refractivity contribution in [2.45, 2.75) is 32.6 Å². The third kappa shape index (κ3) is 3.78. The summed E-state index contributed by atoms with van der Waals surface area (Å²) >= 11 is 1.61. The second kappa shape index (κ2) is 7.88.